The molecule has 1 unspecified atom stereocenters. The number of unbranched alkanes of at least 4 members (excludes halogenated alkanes) is 18. The third-order valence-electron chi connectivity index (χ3n) is 6.82. The summed E-state index contributed by atoms with van der Waals surface area (Å²) < 4.78 is 10.8. The Hall–Kier alpha value is -1.06. The fraction of sp³-hybridized carbons (Fsp3) is 0.935. The van der Waals surface area contributed by atoms with Crippen LogP contribution in [0.2, 0.25) is 0 Å². The lowest BCUT2D eigenvalue weighted by atomic mass is 10.0. The van der Waals surface area contributed by atoms with E-state index in [-0.39, 0.29) is 18.0 Å². The molecule has 0 bridgehead atoms. The van der Waals surface area contributed by atoms with Crippen LogP contribution in [0.1, 0.15) is 175 Å². The highest BCUT2D eigenvalue weighted by molar-refractivity contribution is 5.72. The summed E-state index contributed by atoms with van der Waals surface area (Å²) in [6.45, 7) is 6.97. The van der Waals surface area contributed by atoms with Gasteiger partial charge in [-0.05, 0) is 32.6 Å². The van der Waals surface area contributed by atoms with Crippen LogP contribution in [-0.4, -0.2) is 24.6 Å². The van der Waals surface area contributed by atoms with Gasteiger partial charge in [-0.25, -0.2) is 0 Å². The number of ether oxygens (including phenoxy) is 2. The van der Waals surface area contributed by atoms with Gasteiger partial charge in [0, 0.05) is 12.8 Å². The molecule has 0 fully saturated rings. The average Bonchev–Trinajstić information content (AvgIpc) is 2.83. The number of hydrogen-bond donors (Lipinski definition) is 0. The van der Waals surface area contributed by atoms with Gasteiger partial charge in [0.1, 0.15) is 0 Å². The first kappa shape index (κ1) is 33.9. The Morgan fingerprint density at radius 1 is 0.514 bits per heavy atom. The SMILES string of the molecule is CCCCCCCCCCCCCCCCOC(=O)CCCC(=O)OC(C)CCCCCCCC. The fourth-order valence-corrected chi connectivity index (χ4v) is 4.49. The largest absolute Gasteiger partial charge is 0.466 e. The van der Waals surface area contributed by atoms with Crippen LogP contribution in [-0.2, 0) is 19.1 Å². The highest BCUT2D eigenvalue weighted by atomic mass is 16.5. The van der Waals surface area contributed by atoms with E-state index in [0.29, 0.717) is 25.9 Å². The molecule has 0 aromatic heterocycles. The summed E-state index contributed by atoms with van der Waals surface area (Å²) in [6, 6.07) is 0. The normalized spacial score (nSPS) is 12.0. The second kappa shape index (κ2) is 27.5. The molecule has 0 aromatic carbocycles. The smallest absolute Gasteiger partial charge is 0.306 e. The molecule has 0 amide bonds. The van der Waals surface area contributed by atoms with Gasteiger partial charge in [0.25, 0.3) is 0 Å². The monoisotopic (exact) mass is 496 g/mol. The molecule has 0 spiro atoms. The van der Waals surface area contributed by atoms with Crippen molar-refractivity contribution >= 4 is 11.9 Å². The summed E-state index contributed by atoms with van der Waals surface area (Å²) in [5.74, 6) is -0.379. The zero-order chi connectivity index (χ0) is 25.8. The molecular weight excluding hydrogens is 436 g/mol. The van der Waals surface area contributed by atoms with E-state index in [1.165, 1.54) is 109 Å². The maximum atomic E-state index is 11.9. The van der Waals surface area contributed by atoms with Gasteiger partial charge in [0.2, 0.25) is 0 Å². The predicted molar refractivity (Wildman–Crippen MR) is 149 cm³/mol. The molecule has 208 valence electrons. The average molecular weight is 497 g/mol. The minimum atomic E-state index is -0.191. The van der Waals surface area contributed by atoms with Gasteiger partial charge >= 0.3 is 11.9 Å². The van der Waals surface area contributed by atoms with E-state index in [1.807, 2.05) is 6.92 Å². The van der Waals surface area contributed by atoms with E-state index in [4.69, 9.17) is 9.47 Å². The first-order valence-corrected chi connectivity index (χ1v) is 15.4. The molecule has 0 aliphatic carbocycles. The van der Waals surface area contributed by atoms with Crippen molar-refractivity contribution in [1.82, 2.24) is 0 Å². The van der Waals surface area contributed by atoms with E-state index in [9.17, 15) is 9.59 Å². The van der Waals surface area contributed by atoms with Crippen molar-refractivity contribution in [2.45, 2.75) is 181 Å². The van der Waals surface area contributed by atoms with E-state index in [1.54, 1.807) is 0 Å². The van der Waals surface area contributed by atoms with E-state index < -0.39 is 0 Å². The van der Waals surface area contributed by atoms with Crippen molar-refractivity contribution < 1.29 is 19.1 Å². The van der Waals surface area contributed by atoms with Crippen molar-refractivity contribution in [2.75, 3.05) is 6.61 Å². The molecule has 0 N–H and O–H groups in total. The highest BCUT2D eigenvalue weighted by Gasteiger charge is 2.11. The number of rotatable bonds is 27. The Labute approximate surface area is 218 Å². The van der Waals surface area contributed by atoms with Gasteiger partial charge in [0.05, 0.1) is 12.7 Å². The van der Waals surface area contributed by atoms with Gasteiger partial charge in [-0.1, -0.05) is 129 Å². The summed E-state index contributed by atoms with van der Waals surface area (Å²) in [4.78, 5) is 23.8. The number of hydrogen-bond acceptors (Lipinski definition) is 4. The molecule has 0 heterocycles. The minimum absolute atomic E-state index is 0.0269. The highest BCUT2D eigenvalue weighted by Crippen LogP contribution is 2.14. The van der Waals surface area contributed by atoms with E-state index in [0.717, 1.165) is 25.7 Å². The van der Waals surface area contributed by atoms with Crippen molar-refractivity contribution in [3.8, 4) is 0 Å². The van der Waals surface area contributed by atoms with E-state index in [2.05, 4.69) is 13.8 Å². The predicted octanol–water partition coefficient (Wildman–Crippen LogP) is 9.86. The van der Waals surface area contributed by atoms with Crippen LogP contribution in [0, 0.1) is 0 Å². The molecule has 0 aliphatic heterocycles. The fourth-order valence-electron chi connectivity index (χ4n) is 4.49. The van der Waals surface area contributed by atoms with Gasteiger partial charge in [-0.3, -0.25) is 9.59 Å². The van der Waals surface area contributed by atoms with Crippen molar-refractivity contribution in [1.29, 1.82) is 0 Å². The molecule has 0 rings (SSSR count). The van der Waals surface area contributed by atoms with Crippen LogP contribution in [0.25, 0.3) is 0 Å². The Balaban J connectivity index is 3.37. The number of carbonyl (C=O) groups excluding carboxylic acids is 2. The standard InChI is InChI=1S/C31H60O4/c1-4-6-8-10-12-13-14-15-16-17-18-19-21-23-28-34-30(32)26-24-27-31(33)35-29(3)25-22-20-11-9-7-5-2/h29H,4-28H2,1-3H3. The lowest BCUT2D eigenvalue weighted by Crippen LogP contribution is -2.15. The summed E-state index contributed by atoms with van der Waals surface area (Å²) in [5.41, 5.74) is 0. The topological polar surface area (TPSA) is 52.6 Å². The van der Waals surface area contributed by atoms with Crippen LogP contribution in [0.5, 0.6) is 0 Å². The lowest BCUT2D eigenvalue weighted by Gasteiger charge is -2.13. The second-order valence-corrected chi connectivity index (χ2v) is 10.5. The summed E-state index contributed by atoms with van der Waals surface area (Å²) in [6.07, 6.45) is 28.0. The molecule has 4 nitrogen and oxygen atoms in total. The summed E-state index contributed by atoms with van der Waals surface area (Å²) in [7, 11) is 0. The number of esters is 2. The molecule has 35 heavy (non-hydrogen) atoms. The van der Waals surface area contributed by atoms with Crippen molar-refractivity contribution in [3.05, 3.63) is 0 Å². The van der Waals surface area contributed by atoms with Gasteiger partial charge < -0.3 is 9.47 Å². The minimum Gasteiger partial charge on any atom is -0.466 e. The van der Waals surface area contributed by atoms with Crippen LogP contribution in [0.4, 0.5) is 0 Å². The third-order valence-corrected chi connectivity index (χ3v) is 6.82. The Kier molecular flexibility index (Phi) is 26.7. The maximum absolute atomic E-state index is 11.9. The van der Waals surface area contributed by atoms with Crippen LogP contribution in [0.3, 0.4) is 0 Å². The second-order valence-electron chi connectivity index (χ2n) is 10.5. The van der Waals surface area contributed by atoms with Crippen LogP contribution >= 0.6 is 0 Å². The zero-order valence-corrected chi connectivity index (χ0v) is 23.9. The molecule has 4 heteroatoms. The molecule has 0 aromatic rings. The third kappa shape index (κ3) is 27.4. The Bertz CT molecular complexity index is 463. The molecule has 0 saturated heterocycles. The van der Waals surface area contributed by atoms with Crippen molar-refractivity contribution in [3.63, 3.8) is 0 Å². The van der Waals surface area contributed by atoms with Gasteiger partial charge in [0.15, 0.2) is 0 Å². The molecular formula is C31H60O4. The quantitative estimate of drug-likeness (QED) is 0.0838. The Morgan fingerprint density at radius 2 is 0.914 bits per heavy atom. The molecule has 0 aliphatic rings. The number of carbonyl (C=O) groups is 2. The van der Waals surface area contributed by atoms with E-state index >= 15 is 0 Å². The lowest BCUT2D eigenvalue weighted by molar-refractivity contribution is -0.149. The molecule has 1 atom stereocenters. The molecule has 0 radical (unpaired) electrons. The summed E-state index contributed by atoms with van der Waals surface area (Å²) >= 11 is 0. The molecule has 0 saturated carbocycles. The first-order chi connectivity index (χ1) is 17.1. The van der Waals surface area contributed by atoms with Crippen LogP contribution in [0.15, 0.2) is 0 Å². The zero-order valence-electron chi connectivity index (χ0n) is 23.9. The maximum Gasteiger partial charge on any atom is 0.306 e. The Morgan fingerprint density at radius 3 is 1.40 bits per heavy atom. The van der Waals surface area contributed by atoms with Crippen molar-refractivity contribution in [2.24, 2.45) is 0 Å². The summed E-state index contributed by atoms with van der Waals surface area (Å²) in [5, 5.41) is 0. The van der Waals surface area contributed by atoms with Gasteiger partial charge in [-0.2, -0.15) is 0 Å². The van der Waals surface area contributed by atoms with Crippen LogP contribution < -0.4 is 0 Å². The van der Waals surface area contributed by atoms with Gasteiger partial charge in [-0.15, -0.1) is 0 Å². The first-order valence-electron chi connectivity index (χ1n) is 15.4.